The minimum absolute atomic E-state index is 0.225. The SMILES string of the molecule is CC(=O)OC(C)(C)C.CC/C(C)=C(N/C=C(/C)CCC(C)C(C)CC)/C(F)=C(/C)N(C)c1ccc(OC(F)(F)F)cc1. The highest BCUT2D eigenvalue weighted by Gasteiger charge is 2.31. The lowest BCUT2D eigenvalue weighted by Crippen LogP contribution is -2.21. The predicted octanol–water partition coefficient (Wildman–Crippen LogP) is 10.2. The fraction of sp³-hybridized carbons (Fsp3) is 0.606. The number of hydrogen-bond acceptors (Lipinski definition) is 5. The van der Waals surface area contributed by atoms with Crippen LogP contribution in [0.4, 0.5) is 23.2 Å². The average molecular weight is 601 g/mol. The number of nitrogens with zero attached hydrogens (tertiary/aromatic N) is 1. The van der Waals surface area contributed by atoms with Gasteiger partial charge in [-0.1, -0.05) is 39.7 Å². The van der Waals surface area contributed by atoms with E-state index >= 15 is 4.39 Å². The summed E-state index contributed by atoms with van der Waals surface area (Å²) in [6.45, 7) is 21.2. The molecule has 0 saturated carbocycles. The van der Waals surface area contributed by atoms with Crippen LogP contribution in [0.3, 0.4) is 0 Å². The number of rotatable bonds is 12. The van der Waals surface area contributed by atoms with Crippen molar-refractivity contribution in [2.24, 2.45) is 11.8 Å². The molecule has 0 bridgehead atoms. The van der Waals surface area contributed by atoms with Crippen molar-refractivity contribution in [3.8, 4) is 5.75 Å². The van der Waals surface area contributed by atoms with Gasteiger partial charge >= 0.3 is 12.3 Å². The van der Waals surface area contributed by atoms with Crippen LogP contribution in [0, 0.1) is 11.8 Å². The Bertz CT molecular complexity index is 1070. The van der Waals surface area contributed by atoms with Gasteiger partial charge < -0.3 is 19.7 Å². The van der Waals surface area contributed by atoms with Crippen molar-refractivity contribution in [3.05, 3.63) is 58.8 Å². The number of esters is 1. The fourth-order valence-corrected chi connectivity index (χ4v) is 3.78. The smallest absolute Gasteiger partial charge is 0.460 e. The number of anilines is 1. The van der Waals surface area contributed by atoms with Crippen LogP contribution in [-0.4, -0.2) is 25.0 Å². The maximum atomic E-state index is 15.6. The van der Waals surface area contributed by atoms with Gasteiger partial charge in [0.1, 0.15) is 11.4 Å². The van der Waals surface area contributed by atoms with E-state index in [0.717, 1.165) is 30.4 Å². The molecule has 2 unspecified atom stereocenters. The number of nitrogens with one attached hydrogen (secondary N) is 1. The number of allylic oxidation sites excluding steroid dienone is 4. The van der Waals surface area contributed by atoms with Gasteiger partial charge in [0.05, 0.1) is 11.4 Å². The van der Waals surface area contributed by atoms with E-state index in [9.17, 15) is 18.0 Å². The number of carbonyl (C=O) groups excluding carboxylic acids is 1. The third kappa shape index (κ3) is 15.9. The molecule has 240 valence electrons. The Balaban J connectivity index is 0.00000183. The maximum absolute atomic E-state index is 15.6. The highest BCUT2D eigenvalue weighted by Crippen LogP contribution is 2.29. The van der Waals surface area contributed by atoms with Crippen molar-refractivity contribution in [3.63, 3.8) is 0 Å². The number of carbonyl (C=O) groups is 1. The molecular formula is C33H52F4N2O3. The Morgan fingerprint density at radius 3 is 1.95 bits per heavy atom. The van der Waals surface area contributed by atoms with Gasteiger partial charge in [0.2, 0.25) is 0 Å². The van der Waals surface area contributed by atoms with Gasteiger partial charge in [0.15, 0.2) is 5.83 Å². The molecule has 5 nitrogen and oxygen atoms in total. The van der Waals surface area contributed by atoms with E-state index in [-0.39, 0.29) is 17.3 Å². The Kier molecular flexibility index (Phi) is 16.6. The molecule has 0 aromatic heterocycles. The summed E-state index contributed by atoms with van der Waals surface area (Å²) in [6, 6.07) is 5.35. The molecule has 1 rings (SSSR count). The number of halogens is 4. The van der Waals surface area contributed by atoms with Crippen LogP contribution >= 0.6 is 0 Å². The largest absolute Gasteiger partial charge is 0.573 e. The normalized spacial score (nSPS) is 14.9. The summed E-state index contributed by atoms with van der Waals surface area (Å²) in [4.78, 5) is 11.8. The third-order valence-corrected chi connectivity index (χ3v) is 6.98. The third-order valence-electron chi connectivity index (χ3n) is 6.98. The van der Waals surface area contributed by atoms with Crippen molar-refractivity contribution < 1.29 is 31.8 Å². The lowest BCUT2D eigenvalue weighted by molar-refractivity contribution is -0.274. The van der Waals surface area contributed by atoms with Crippen molar-refractivity contribution in [1.29, 1.82) is 0 Å². The minimum Gasteiger partial charge on any atom is -0.460 e. The Labute approximate surface area is 251 Å². The highest BCUT2D eigenvalue weighted by atomic mass is 19.4. The Hall–Kier alpha value is -2.97. The van der Waals surface area contributed by atoms with E-state index in [1.165, 1.54) is 31.2 Å². The van der Waals surface area contributed by atoms with Crippen molar-refractivity contribution >= 4 is 11.7 Å². The van der Waals surface area contributed by atoms with Gasteiger partial charge in [0, 0.05) is 25.9 Å². The molecule has 0 heterocycles. The van der Waals surface area contributed by atoms with Crippen LogP contribution in [0.2, 0.25) is 0 Å². The number of hydrogen-bond donors (Lipinski definition) is 1. The first-order valence-corrected chi connectivity index (χ1v) is 14.5. The van der Waals surface area contributed by atoms with E-state index in [4.69, 9.17) is 4.74 Å². The summed E-state index contributed by atoms with van der Waals surface area (Å²) >= 11 is 0. The Morgan fingerprint density at radius 1 is 1.00 bits per heavy atom. The quantitative estimate of drug-likeness (QED) is 0.147. The molecule has 0 spiro atoms. The van der Waals surface area contributed by atoms with E-state index < -0.39 is 12.2 Å². The van der Waals surface area contributed by atoms with Gasteiger partial charge in [-0.25, -0.2) is 4.39 Å². The van der Waals surface area contributed by atoms with Crippen molar-refractivity contribution in [2.75, 3.05) is 11.9 Å². The molecule has 0 saturated heterocycles. The number of ether oxygens (including phenoxy) is 2. The monoisotopic (exact) mass is 600 g/mol. The van der Waals surface area contributed by atoms with Crippen LogP contribution in [-0.2, 0) is 9.53 Å². The highest BCUT2D eigenvalue weighted by molar-refractivity contribution is 5.66. The van der Waals surface area contributed by atoms with Crippen LogP contribution < -0.4 is 15.0 Å². The van der Waals surface area contributed by atoms with E-state index in [1.807, 2.05) is 47.7 Å². The van der Waals surface area contributed by atoms with Gasteiger partial charge in [-0.15, -0.1) is 13.2 Å². The Morgan fingerprint density at radius 2 is 1.55 bits per heavy atom. The number of alkyl halides is 3. The molecule has 1 aromatic carbocycles. The first-order chi connectivity index (χ1) is 19.2. The molecule has 2 atom stereocenters. The summed E-state index contributed by atoms with van der Waals surface area (Å²) in [5.74, 6) is 0.346. The second-order valence-electron chi connectivity index (χ2n) is 11.8. The maximum Gasteiger partial charge on any atom is 0.573 e. The van der Waals surface area contributed by atoms with E-state index in [2.05, 4.69) is 30.8 Å². The molecule has 1 N–H and O–H groups in total. The van der Waals surface area contributed by atoms with E-state index in [1.54, 1.807) is 18.9 Å². The zero-order chi connectivity index (χ0) is 32.8. The lowest BCUT2D eigenvalue weighted by Gasteiger charge is -2.23. The molecule has 0 amide bonds. The average Bonchev–Trinajstić information content (AvgIpc) is 2.88. The van der Waals surface area contributed by atoms with Crippen molar-refractivity contribution in [2.45, 2.75) is 114 Å². The molecule has 0 radical (unpaired) electrons. The molecule has 0 fully saturated rings. The zero-order valence-electron chi connectivity index (χ0n) is 27.6. The van der Waals surface area contributed by atoms with Crippen LogP contribution in [0.15, 0.2) is 58.8 Å². The van der Waals surface area contributed by atoms with Gasteiger partial charge in [0.25, 0.3) is 0 Å². The molecule has 9 heteroatoms. The van der Waals surface area contributed by atoms with Gasteiger partial charge in [-0.2, -0.15) is 0 Å². The second kappa shape index (κ2) is 17.9. The molecule has 0 aliphatic carbocycles. The fourth-order valence-electron chi connectivity index (χ4n) is 3.78. The van der Waals surface area contributed by atoms with Crippen LogP contribution in [0.1, 0.15) is 102 Å². The number of benzene rings is 1. The lowest BCUT2D eigenvalue weighted by atomic mass is 9.89. The van der Waals surface area contributed by atoms with Crippen LogP contribution in [0.5, 0.6) is 5.75 Å². The summed E-state index contributed by atoms with van der Waals surface area (Å²) in [7, 11) is 1.67. The predicted molar refractivity (Wildman–Crippen MR) is 165 cm³/mol. The van der Waals surface area contributed by atoms with Crippen LogP contribution in [0.25, 0.3) is 0 Å². The zero-order valence-corrected chi connectivity index (χ0v) is 27.6. The van der Waals surface area contributed by atoms with Crippen molar-refractivity contribution in [1.82, 2.24) is 5.32 Å². The molecule has 1 aromatic rings. The van der Waals surface area contributed by atoms with Gasteiger partial charge in [-0.05, 0) is 102 Å². The molecule has 0 aliphatic heterocycles. The van der Waals surface area contributed by atoms with E-state index in [0.29, 0.717) is 35.3 Å². The molecular weight excluding hydrogens is 548 g/mol. The van der Waals surface area contributed by atoms with Gasteiger partial charge in [-0.3, -0.25) is 4.79 Å². The summed E-state index contributed by atoms with van der Waals surface area (Å²) in [5.41, 5.74) is 2.99. The first-order valence-electron chi connectivity index (χ1n) is 14.5. The molecule has 0 aliphatic rings. The standard InChI is InChI=1S/C27H40F4N2O.C6H12O2/c1-9-19(4)21(6)12-11-18(3)17-32-26(20(5)10-2)25(28)22(7)33(8)23-13-15-24(16-14-23)34-27(29,30)31;1-5(7)8-6(2,3)4/h13-17,19,21,32H,9-12H2,1-8H3;1-4H3/b18-17-,25-22+,26-20-;. The minimum atomic E-state index is -4.75. The first kappa shape index (κ1) is 39.0. The molecule has 42 heavy (non-hydrogen) atoms. The second-order valence-corrected chi connectivity index (χ2v) is 11.8. The topological polar surface area (TPSA) is 50.8 Å². The summed E-state index contributed by atoms with van der Waals surface area (Å²) < 4.78 is 61.5. The summed E-state index contributed by atoms with van der Waals surface area (Å²) in [5, 5.41) is 3.17. The summed E-state index contributed by atoms with van der Waals surface area (Å²) in [6.07, 6.45) is 0.969.